The number of nitrogen functional groups attached to an aromatic ring is 1. The fraction of sp³-hybridized carbons (Fsp3) is 0.333. The minimum absolute atomic E-state index is 0.278. The van der Waals surface area contributed by atoms with Crippen molar-refractivity contribution in [3.63, 3.8) is 0 Å². The van der Waals surface area contributed by atoms with Gasteiger partial charge in [-0.3, -0.25) is 4.57 Å². The number of allylic oxidation sites excluding steroid dienone is 2. The van der Waals surface area contributed by atoms with E-state index < -0.39 is 0 Å². The van der Waals surface area contributed by atoms with Gasteiger partial charge in [-0.25, -0.2) is 4.79 Å². The molecule has 2 N–H and O–H groups in total. The Balaban J connectivity index is 2.46. The van der Waals surface area contributed by atoms with Gasteiger partial charge in [0.2, 0.25) is 0 Å². The minimum Gasteiger partial charge on any atom is -0.383 e. The number of hydrogen-bond acceptors (Lipinski definition) is 3. The van der Waals surface area contributed by atoms with Crippen molar-refractivity contribution >= 4 is 11.5 Å². The van der Waals surface area contributed by atoms with Crippen LogP contribution in [-0.4, -0.2) is 9.55 Å². The van der Waals surface area contributed by atoms with Crippen LogP contribution in [0, 0.1) is 0 Å². The molecule has 0 atom stereocenters. The summed E-state index contributed by atoms with van der Waals surface area (Å²) in [6, 6.07) is 1.64. The summed E-state index contributed by atoms with van der Waals surface area (Å²) in [5.41, 5.74) is 6.14. The molecule has 68 valence electrons. The number of anilines is 1. The molecule has 1 aliphatic rings. The predicted molar refractivity (Wildman–Crippen MR) is 51.0 cm³/mol. The molecule has 4 nitrogen and oxygen atoms in total. The zero-order valence-electron chi connectivity index (χ0n) is 7.23. The third kappa shape index (κ3) is 1.47. The summed E-state index contributed by atoms with van der Waals surface area (Å²) in [6.07, 6.45) is 6.87. The summed E-state index contributed by atoms with van der Waals surface area (Å²) < 4.78 is 1.56. The topological polar surface area (TPSA) is 60.9 Å². The third-order valence-electron chi connectivity index (χ3n) is 2.15. The average Bonchev–Trinajstić information content (AvgIpc) is 2.56. The highest BCUT2D eigenvalue weighted by atomic mass is 16.1. The van der Waals surface area contributed by atoms with Gasteiger partial charge in [-0.1, -0.05) is 6.08 Å². The molecule has 13 heavy (non-hydrogen) atoms. The zero-order valence-corrected chi connectivity index (χ0v) is 7.23. The molecule has 0 amide bonds. The fourth-order valence-electron chi connectivity index (χ4n) is 1.51. The summed E-state index contributed by atoms with van der Waals surface area (Å²) in [7, 11) is 0. The van der Waals surface area contributed by atoms with Gasteiger partial charge in [0, 0.05) is 11.9 Å². The van der Waals surface area contributed by atoms with Crippen molar-refractivity contribution in [3.8, 4) is 0 Å². The van der Waals surface area contributed by atoms with Crippen molar-refractivity contribution < 1.29 is 0 Å². The van der Waals surface area contributed by atoms with Gasteiger partial charge in [-0.2, -0.15) is 4.98 Å². The molecular formula is C9H11N3O. The zero-order chi connectivity index (χ0) is 9.26. The second-order valence-electron chi connectivity index (χ2n) is 3.09. The molecule has 0 aromatic carbocycles. The second kappa shape index (κ2) is 3.05. The number of aromatic nitrogens is 2. The first kappa shape index (κ1) is 8.04. The molecule has 0 radical (unpaired) electrons. The highest BCUT2D eigenvalue weighted by Gasteiger charge is 2.08. The van der Waals surface area contributed by atoms with Crippen molar-refractivity contribution in [1.29, 1.82) is 0 Å². The Kier molecular flexibility index (Phi) is 1.88. The highest BCUT2D eigenvalue weighted by molar-refractivity contribution is 5.47. The van der Waals surface area contributed by atoms with E-state index in [0.29, 0.717) is 0 Å². The Bertz CT molecular complexity index is 406. The van der Waals surface area contributed by atoms with E-state index in [1.54, 1.807) is 16.8 Å². The van der Waals surface area contributed by atoms with Crippen LogP contribution in [0.15, 0.2) is 23.1 Å². The molecule has 1 aliphatic carbocycles. The largest absolute Gasteiger partial charge is 0.383 e. The normalized spacial score (nSPS) is 15.8. The Morgan fingerprint density at radius 1 is 1.54 bits per heavy atom. The molecule has 1 heterocycles. The Morgan fingerprint density at radius 3 is 3.00 bits per heavy atom. The van der Waals surface area contributed by atoms with Crippen molar-refractivity contribution in [3.05, 3.63) is 28.8 Å². The van der Waals surface area contributed by atoms with Crippen molar-refractivity contribution in [2.45, 2.75) is 19.3 Å². The standard InChI is InChI=1S/C9H11N3O/c10-8-5-6-12(9(13)11-8)7-3-1-2-4-7/h3,5-6H,1-2,4H2,(H2,10,11,13). The number of nitrogens with zero attached hydrogens (tertiary/aromatic N) is 2. The summed E-state index contributed by atoms with van der Waals surface area (Å²) in [5.74, 6) is 0.278. The monoisotopic (exact) mass is 177 g/mol. The van der Waals surface area contributed by atoms with E-state index in [9.17, 15) is 4.79 Å². The summed E-state index contributed by atoms with van der Waals surface area (Å²) in [6.45, 7) is 0. The van der Waals surface area contributed by atoms with Crippen molar-refractivity contribution in [1.82, 2.24) is 9.55 Å². The molecule has 0 saturated heterocycles. The smallest absolute Gasteiger partial charge is 0.353 e. The SMILES string of the molecule is Nc1ccn(C2=CCCC2)c(=O)n1. The van der Waals surface area contributed by atoms with Crippen LogP contribution in [0.2, 0.25) is 0 Å². The van der Waals surface area contributed by atoms with Crippen LogP contribution >= 0.6 is 0 Å². The Labute approximate surface area is 75.7 Å². The fourth-order valence-corrected chi connectivity index (χ4v) is 1.51. The molecular weight excluding hydrogens is 166 g/mol. The molecule has 0 bridgehead atoms. The highest BCUT2D eigenvalue weighted by Crippen LogP contribution is 2.20. The van der Waals surface area contributed by atoms with Gasteiger partial charge >= 0.3 is 5.69 Å². The maximum absolute atomic E-state index is 11.4. The molecule has 2 rings (SSSR count). The molecule has 0 aliphatic heterocycles. The maximum Gasteiger partial charge on any atom is 0.353 e. The molecule has 1 aromatic rings. The number of nitrogens with two attached hydrogens (primary N) is 1. The van der Waals surface area contributed by atoms with E-state index in [1.165, 1.54) is 0 Å². The second-order valence-corrected chi connectivity index (χ2v) is 3.09. The van der Waals surface area contributed by atoms with Crippen LogP contribution in [0.25, 0.3) is 5.70 Å². The van der Waals surface area contributed by atoms with Gasteiger partial charge in [-0.05, 0) is 25.3 Å². The van der Waals surface area contributed by atoms with E-state index >= 15 is 0 Å². The van der Waals surface area contributed by atoms with E-state index in [-0.39, 0.29) is 11.5 Å². The maximum atomic E-state index is 11.4. The average molecular weight is 177 g/mol. The summed E-state index contributed by atoms with van der Waals surface area (Å²) in [4.78, 5) is 15.0. The van der Waals surface area contributed by atoms with Crippen LogP contribution < -0.4 is 11.4 Å². The molecule has 0 spiro atoms. The Morgan fingerprint density at radius 2 is 2.38 bits per heavy atom. The van der Waals surface area contributed by atoms with Crippen LogP contribution in [0.5, 0.6) is 0 Å². The van der Waals surface area contributed by atoms with Gasteiger partial charge in [0.25, 0.3) is 0 Å². The van der Waals surface area contributed by atoms with Gasteiger partial charge in [-0.15, -0.1) is 0 Å². The van der Waals surface area contributed by atoms with Crippen molar-refractivity contribution in [2.24, 2.45) is 0 Å². The summed E-state index contributed by atoms with van der Waals surface area (Å²) >= 11 is 0. The van der Waals surface area contributed by atoms with Gasteiger partial charge in [0.1, 0.15) is 5.82 Å². The van der Waals surface area contributed by atoms with Crippen LogP contribution in [-0.2, 0) is 0 Å². The lowest BCUT2D eigenvalue weighted by atomic mass is 10.3. The van der Waals surface area contributed by atoms with E-state index in [0.717, 1.165) is 25.0 Å². The lowest BCUT2D eigenvalue weighted by molar-refractivity contribution is 0.868. The number of hydrogen-bond donors (Lipinski definition) is 1. The molecule has 1 aromatic heterocycles. The van der Waals surface area contributed by atoms with Crippen LogP contribution in [0.1, 0.15) is 19.3 Å². The van der Waals surface area contributed by atoms with Crippen LogP contribution in [0.4, 0.5) is 5.82 Å². The quantitative estimate of drug-likeness (QED) is 0.691. The van der Waals surface area contributed by atoms with Crippen LogP contribution in [0.3, 0.4) is 0 Å². The number of rotatable bonds is 1. The van der Waals surface area contributed by atoms with E-state index in [1.807, 2.05) is 0 Å². The lowest BCUT2D eigenvalue weighted by Crippen LogP contribution is -2.21. The molecule has 0 unspecified atom stereocenters. The van der Waals surface area contributed by atoms with Gasteiger partial charge in [0.15, 0.2) is 0 Å². The van der Waals surface area contributed by atoms with Gasteiger partial charge < -0.3 is 5.73 Å². The third-order valence-corrected chi connectivity index (χ3v) is 2.15. The Hall–Kier alpha value is -1.58. The minimum atomic E-state index is -0.284. The molecule has 0 fully saturated rings. The van der Waals surface area contributed by atoms with Crippen molar-refractivity contribution in [2.75, 3.05) is 5.73 Å². The first-order chi connectivity index (χ1) is 6.27. The molecule has 4 heteroatoms. The first-order valence-electron chi connectivity index (χ1n) is 4.32. The first-order valence-corrected chi connectivity index (χ1v) is 4.32. The lowest BCUT2D eigenvalue weighted by Gasteiger charge is -2.04. The van der Waals surface area contributed by atoms with E-state index in [2.05, 4.69) is 11.1 Å². The summed E-state index contributed by atoms with van der Waals surface area (Å²) in [5, 5.41) is 0. The molecule has 0 saturated carbocycles. The predicted octanol–water partition coefficient (Wildman–Crippen LogP) is 0.850. The van der Waals surface area contributed by atoms with Gasteiger partial charge in [0.05, 0.1) is 0 Å². The van der Waals surface area contributed by atoms with E-state index in [4.69, 9.17) is 5.73 Å².